The lowest BCUT2D eigenvalue weighted by molar-refractivity contribution is 0.115. The van der Waals surface area contributed by atoms with Crippen LogP contribution in [0.25, 0.3) is 22.2 Å². The lowest BCUT2D eigenvalue weighted by Crippen LogP contribution is -2.45. The van der Waals surface area contributed by atoms with Gasteiger partial charge in [-0.2, -0.15) is 0 Å². The molecule has 2 heterocycles. The summed E-state index contributed by atoms with van der Waals surface area (Å²) < 4.78 is 6.88. The van der Waals surface area contributed by atoms with Gasteiger partial charge in [0.1, 0.15) is 0 Å². The van der Waals surface area contributed by atoms with E-state index in [1.165, 1.54) is 16.3 Å². The Bertz CT molecular complexity index is 1150. The molecule has 6 heteroatoms. The molecule has 0 bridgehead atoms. The van der Waals surface area contributed by atoms with Gasteiger partial charge < -0.3 is 4.42 Å². The van der Waals surface area contributed by atoms with E-state index in [4.69, 9.17) is 4.42 Å². The summed E-state index contributed by atoms with van der Waals surface area (Å²) in [7, 11) is 0. The zero-order chi connectivity index (χ0) is 20.3. The third-order valence-electron chi connectivity index (χ3n) is 5.67. The van der Waals surface area contributed by atoms with Gasteiger partial charge in [-0.05, 0) is 44.4 Å². The summed E-state index contributed by atoms with van der Waals surface area (Å²) in [5.74, 6) is 1.23. The van der Waals surface area contributed by atoms with Crippen molar-refractivity contribution in [2.45, 2.75) is 13.1 Å². The largest absolute Gasteiger partial charge is 0.419 e. The van der Waals surface area contributed by atoms with E-state index in [1.807, 2.05) is 24.3 Å². The molecule has 0 atom stereocenters. The molecule has 152 valence electrons. The van der Waals surface area contributed by atoms with Crippen LogP contribution in [0.5, 0.6) is 0 Å². The minimum Gasteiger partial charge on any atom is -0.419 e. The number of rotatable bonds is 5. The highest BCUT2D eigenvalue weighted by molar-refractivity contribution is 9.10. The van der Waals surface area contributed by atoms with Gasteiger partial charge in [0.2, 0.25) is 11.8 Å². The normalized spacial score (nSPS) is 15.6. The topological polar surface area (TPSA) is 45.4 Å². The Kier molecular flexibility index (Phi) is 5.62. The lowest BCUT2D eigenvalue weighted by Gasteiger charge is -2.34. The quantitative estimate of drug-likeness (QED) is 0.418. The van der Waals surface area contributed by atoms with Crippen molar-refractivity contribution in [3.8, 4) is 11.5 Å². The minimum atomic E-state index is 0.562. The van der Waals surface area contributed by atoms with Gasteiger partial charge in [0.05, 0.1) is 12.1 Å². The van der Waals surface area contributed by atoms with E-state index < -0.39 is 0 Å². The molecule has 5 nitrogen and oxygen atoms in total. The first-order valence-corrected chi connectivity index (χ1v) is 11.0. The molecule has 30 heavy (non-hydrogen) atoms. The second-order valence-electron chi connectivity index (χ2n) is 7.67. The zero-order valence-corrected chi connectivity index (χ0v) is 18.3. The van der Waals surface area contributed by atoms with Crippen molar-refractivity contribution < 1.29 is 4.42 Å². The molecule has 0 radical (unpaired) electrons. The Hall–Kier alpha value is -2.54. The van der Waals surface area contributed by atoms with Crippen LogP contribution in [-0.2, 0) is 13.1 Å². The van der Waals surface area contributed by atoms with E-state index >= 15 is 0 Å². The van der Waals surface area contributed by atoms with Crippen LogP contribution >= 0.6 is 15.9 Å². The Morgan fingerprint density at radius 3 is 2.30 bits per heavy atom. The molecule has 1 aromatic heterocycles. The van der Waals surface area contributed by atoms with Crippen molar-refractivity contribution >= 4 is 26.7 Å². The van der Waals surface area contributed by atoms with Crippen molar-refractivity contribution in [2.75, 3.05) is 26.2 Å². The molecular weight excluding hydrogens is 440 g/mol. The molecule has 1 saturated heterocycles. The fourth-order valence-corrected chi connectivity index (χ4v) is 4.48. The molecule has 1 fully saturated rings. The van der Waals surface area contributed by atoms with E-state index in [0.717, 1.165) is 42.8 Å². The van der Waals surface area contributed by atoms with Gasteiger partial charge in [0.15, 0.2) is 0 Å². The van der Waals surface area contributed by atoms with Crippen molar-refractivity contribution in [3.63, 3.8) is 0 Å². The molecule has 3 aromatic carbocycles. The molecule has 0 aliphatic carbocycles. The van der Waals surface area contributed by atoms with Crippen molar-refractivity contribution in [2.24, 2.45) is 0 Å². The molecule has 0 saturated carbocycles. The van der Waals surface area contributed by atoms with Gasteiger partial charge in [0.25, 0.3) is 0 Å². The fraction of sp³-hybridized carbons (Fsp3) is 0.250. The smallest absolute Gasteiger partial charge is 0.248 e. The van der Waals surface area contributed by atoms with Crippen LogP contribution in [0.1, 0.15) is 11.5 Å². The number of hydrogen-bond acceptors (Lipinski definition) is 5. The average Bonchev–Trinajstić information content (AvgIpc) is 3.24. The van der Waals surface area contributed by atoms with Crippen LogP contribution in [0.2, 0.25) is 0 Å². The number of fused-ring (bicyclic) bond motifs is 1. The number of piperazine rings is 1. The molecule has 0 unspecified atom stereocenters. The Morgan fingerprint density at radius 1 is 0.767 bits per heavy atom. The molecule has 0 amide bonds. The summed E-state index contributed by atoms with van der Waals surface area (Å²) in [4.78, 5) is 4.91. The Balaban J connectivity index is 1.19. The van der Waals surface area contributed by atoms with E-state index in [9.17, 15) is 0 Å². The van der Waals surface area contributed by atoms with Gasteiger partial charge in [0, 0.05) is 37.2 Å². The summed E-state index contributed by atoms with van der Waals surface area (Å²) >= 11 is 3.55. The van der Waals surface area contributed by atoms with Gasteiger partial charge in [-0.15, -0.1) is 10.2 Å². The zero-order valence-electron chi connectivity index (χ0n) is 16.7. The maximum Gasteiger partial charge on any atom is 0.248 e. The van der Waals surface area contributed by atoms with Crippen LogP contribution in [0.3, 0.4) is 0 Å². The first kappa shape index (κ1) is 19.4. The molecule has 4 aromatic rings. The number of hydrogen-bond donors (Lipinski definition) is 0. The molecule has 1 aliphatic rings. The monoisotopic (exact) mass is 462 g/mol. The SMILES string of the molecule is Brc1ccccc1-c1nnc(CN2CCN(Cc3cccc4ccccc34)CC2)o1. The third-order valence-corrected chi connectivity index (χ3v) is 6.36. The molecule has 5 rings (SSSR count). The highest BCUT2D eigenvalue weighted by atomic mass is 79.9. The average molecular weight is 463 g/mol. The van der Waals surface area contributed by atoms with E-state index in [0.29, 0.717) is 18.3 Å². The maximum absolute atomic E-state index is 5.92. The van der Waals surface area contributed by atoms with Gasteiger partial charge in [-0.1, -0.05) is 54.6 Å². The van der Waals surface area contributed by atoms with Crippen LogP contribution in [0.4, 0.5) is 0 Å². The fourth-order valence-electron chi connectivity index (χ4n) is 4.03. The van der Waals surface area contributed by atoms with Gasteiger partial charge >= 0.3 is 0 Å². The van der Waals surface area contributed by atoms with E-state index in [1.54, 1.807) is 0 Å². The van der Waals surface area contributed by atoms with E-state index in [2.05, 4.69) is 78.4 Å². The van der Waals surface area contributed by atoms with E-state index in [-0.39, 0.29) is 0 Å². The first-order chi connectivity index (χ1) is 14.8. The summed E-state index contributed by atoms with van der Waals surface area (Å²) in [5, 5.41) is 11.2. The van der Waals surface area contributed by atoms with Crippen molar-refractivity contribution in [1.82, 2.24) is 20.0 Å². The second-order valence-corrected chi connectivity index (χ2v) is 8.53. The number of aromatic nitrogens is 2. The molecular formula is C24H23BrN4O. The highest BCUT2D eigenvalue weighted by Gasteiger charge is 2.20. The van der Waals surface area contributed by atoms with Gasteiger partial charge in [-0.25, -0.2) is 0 Å². The Morgan fingerprint density at radius 2 is 1.47 bits per heavy atom. The predicted octanol–water partition coefficient (Wildman–Crippen LogP) is 4.97. The van der Waals surface area contributed by atoms with Crippen molar-refractivity contribution in [3.05, 3.63) is 82.7 Å². The van der Waals surface area contributed by atoms with Crippen LogP contribution in [0, 0.1) is 0 Å². The number of benzene rings is 3. The predicted molar refractivity (Wildman–Crippen MR) is 122 cm³/mol. The maximum atomic E-state index is 5.92. The number of halogens is 1. The minimum absolute atomic E-state index is 0.562. The van der Waals surface area contributed by atoms with Gasteiger partial charge in [-0.3, -0.25) is 9.80 Å². The first-order valence-electron chi connectivity index (χ1n) is 10.2. The van der Waals surface area contributed by atoms with Crippen LogP contribution in [-0.4, -0.2) is 46.2 Å². The standard InChI is InChI=1S/C24H23BrN4O/c25-22-11-4-3-10-21(22)24-27-26-23(30-24)17-29-14-12-28(13-15-29)16-19-8-5-7-18-6-1-2-9-20(18)19/h1-11H,12-17H2. The Labute approximate surface area is 184 Å². The summed E-state index contributed by atoms with van der Waals surface area (Å²) in [5.41, 5.74) is 2.33. The number of nitrogens with zero attached hydrogens (tertiary/aromatic N) is 4. The second kappa shape index (κ2) is 8.68. The van der Waals surface area contributed by atoms with Crippen LogP contribution in [0.15, 0.2) is 75.6 Å². The summed E-state index contributed by atoms with van der Waals surface area (Å²) in [6, 6.07) is 23.1. The molecule has 0 spiro atoms. The van der Waals surface area contributed by atoms with Crippen molar-refractivity contribution in [1.29, 1.82) is 0 Å². The molecule has 1 aliphatic heterocycles. The third kappa shape index (κ3) is 4.17. The lowest BCUT2D eigenvalue weighted by atomic mass is 10.0. The van der Waals surface area contributed by atoms with Crippen LogP contribution < -0.4 is 0 Å². The highest BCUT2D eigenvalue weighted by Crippen LogP contribution is 2.27. The summed E-state index contributed by atoms with van der Waals surface area (Å²) in [6.07, 6.45) is 0. The summed E-state index contributed by atoms with van der Waals surface area (Å²) in [6.45, 7) is 5.75. The molecule has 0 N–H and O–H groups in total.